The van der Waals surface area contributed by atoms with Crippen LogP contribution in [0.3, 0.4) is 0 Å². The molecule has 35 heavy (non-hydrogen) atoms. The van der Waals surface area contributed by atoms with Crippen LogP contribution in [0.5, 0.6) is 0 Å². The molecule has 0 saturated carbocycles. The van der Waals surface area contributed by atoms with Gasteiger partial charge in [0.05, 0.1) is 11.3 Å². The van der Waals surface area contributed by atoms with Crippen LogP contribution in [0.1, 0.15) is 69.6 Å². The number of benzene rings is 3. The van der Waals surface area contributed by atoms with Crippen LogP contribution in [0.25, 0.3) is 11.1 Å². The number of carbonyl (C=O) groups is 2. The van der Waals surface area contributed by atoms with Crippen molar-refractivity contribution in [3.8, 4) is 11.1 Å². The normalized spacial score (nSPS) is 15.1. The predicted molar refractivity (Wildman–Crippen MR) is 138 cm³/mol. The fourth-order valence-corrected chi connectivity index (χ4v) is 4.51. The summed E-state index contributed by atoms with van der Waals surface area (Å²) in [6.45, 7) is 4.33. The first-order valence-electron chi connectivity index (χ1n) is 11.9. The van der Waals surface area contributed by atoms with Crippen molar-refractivity contribution in [2.45, 2.75) is 38.5 Å². The van der Waals surface area contributed by atoms with Gasteiger partial charge in [0.1, 0.15) is 0 Å². The Balaban J connectivity index is 1.31. The highest BCUT2D eigenvalue weighted by Gasteiger charge is 2.28. The van der Waals surface area contributed by atoms with E-state index in [1.807, 2.05) is 42.5 Å². The monoisotopic (exact) mass is 461 g/mol. The minimum absolute atomic E-state index is 0.0403. The number of amides is 1. The number of Topliss-reactive ketones (excluding diaryl/α,β-unsaturated/α-hetero) is 1. The van der Waals surface area contributed by atoms with Crippen LogP contribution in [0.15, 0.2) is 85.1 Å². The van der Waals surface area contributed by atoms with Crippen molar-refractivity contribution < 1.29 is 9.59 Å². The topological polar surface area (TPSA) is 72.0 Å². The third-order valence-electron chi connectivity index (χ3n) is 6.59. The van der Waals surface area contributed by atoms with Crippen LogP contribution in [0.4, 0.5) is 5.95 Å². The number of hydrogen-bond acceptors (Lipinski definition) is 4. The molecule has 174 valence electrons. The summed E-state index contributed by atoms with van der Waals surface area (Å²) < 4.78 is 0. The standard InChI is InChI=1S/C30H27N3O2/c1-19(2)20-8-10-23(11-9-20)25-16-27-26(28(34)17-25)18-31-30(32-27)33-29(35)24-14-12-22(13-15-24)21-6-4-3-5-7-21/h3-15,18-19,25H,16-17H2,1-2H3,(H,31,32,33,35). The van der Waals surface area contributed by atoms with Gasteiger partial charge in [0.25, 0.3) is 5.91 Å². The van der Waals surface area contributed by atoms with E-state index in [1.165, 1.54) is 11.8 Å². The van der Waals surface area contributed by atoms with Gasteiger partial charge in [-0.15, -0.1) is 0 Å². The summed E-state index contributed by atoms with van der Waals surface area (Å²) in [6.07, 6.45) is 2.62. The first-order chi connectivity index (χ1) is 17.0. The molecular weight excluding hydrogens is 434 g/mol. The highest BCUT2D eigenvalue weighted by molar-refractivity contribution is 6.04. The van der Waals surface area contributed by atoms with Crippen LogP contribution >= 0.6 is 0 Å². The van der Waals surface area contributed by atoms with E-state index in [0.717, 1.165) is 16.7 Å². The van der Waals surface area contributed by atoms with E-state index in [4.69, 9.17) is 0 Å². The minimum Gasteiger partial charge on any atom is -0.294 e. The second-order valence-corrected chi connectivity index (χ2v) is 9.30. The first-order valence-corrected chi connectivity index (χ1v) is 11.9. The Morgan fingerprint density at radius 1 is 0.886 bits per heavy atom. The quantitative estimate of drug-likeness (QED) is 0.372. The maximum Gasteiger partial charge on any atom is 0.258 e. The number of nitrogens with one attached hydrogen (secondary N) is 1. The lowest BCUT2D eigenvalue weighted by atomic mass is 9.81. The molecule has 3 aromatic carbocycles. The maximum atomic E-state index is 12.8. The van der Waals surface area contributed by atoms with Crippen LogP contribution in [-0.4, -0.2) is 21.7 Å². The summed E-state index contributed by atoms with van der Waals surface area (Å²) >= 11 is 0. The third-order valence-corrected chi connectivity index (χ3v) is 6.59. The number of hydrogen-bond donors (Lipinski definition) is 1. The fraction of sp³-hybridized carbons (Fsp3) is 0.200. The number of anilines is 1. The smallest absolute Gasteiger partial charge is 0.258 e. The summed E-state index contributed by atoms with van der Waals surface area (Å²) in [4.78, 5) is 34.4. The zero-order valence-electron chi connectivity index (χ0n) is 19.9. The molecule has 5 heteroatoms. The van der Waals surface area contributed by atoms with Crippen LogP contribution in [0.2, 0.25) is 0 Å². The molecule has 1 heterocycles. The first kappa shape index (κ1) is 22.7. The van der Waals surface area contributed by atoms with Gasteiger partial charge in [-0.25, -0.2) is 9.97 Å². The van der Waals surface area contributed by atoms with Crippen LogP contribution < -0.4 is 5.32 Å². The highest BCUT2D eigenvalue weighted by atomic mass is 16.1. The van der Waals surface area contributed by atoms with Crippen molar-refractivity contribution in [2.75, 3.05) is 5.32 Å². The number of carbonyl (C=O) groups excluding carboxylic acids is 2. The van der Waals surface area contributed by atoms with Gasteiger partial charge >= 0.3 is 0 Å². The SMILES string of the molecule is CC(C)c1ccc(C2CC(=O)c3cnc(NC(=O)c4ccc(-c5ccccc5)cc4)nc3C2)cc1. The molecule has 1 N–H and O–H groups in total. The summed E-state index contributed by atoms with van der Waals surface area (Å²) in [6, 6.07) is 25.9. The summed E-state index contributed by atoms with van der Waals surface area (Å²) in [5.74, 6) is 0.502. The molecule has 0 bridgehead atoms. The molecule has 0 saturated heterocycles. The van der Waals surface area contributed by atoms with Crippen molar-refractivity contribution in [2.24, 2.45) is 0 Å². The van der Waals surface area contributed by atoms with Crippen LogP contribution in [-0.2, 0) is 6.42 Å². The Labute approximate surface area is 205 Å². The molecule has 0 aliphatic heterocycles. The molecule has 1 atom stereocenters. The Kier molecular flexibility index (Phi) is 6.23. The second-order valence-electron chi connectivity index (χ2n) is 9.30. The van der Waals surface area contributed by atoms with Crippen molar-refractivity contribution in [3.05, 3.63) is 113 Å². The van der Waals surface area contributed by atoms with Gasteiger partial charge in [-0.3, -0.25) is 14.9 Å². The predicted octanol–water partition coefficient (Wildman–Crippen LogP) is 6.43. The van der Waals surface area contributed by atoms with Crippen LogP contribution in [0, 0.1) is 0 Å². The molecule has 1 amide bonds. The summed E-state index contributed by atoms with van der Waals surface area (Å²) in [5.41, 5.74) is 6.30. The van der Waals surface area contributed by atoms with Gasteiger partial charge in [0.15, 0.2) is 5.78 Å². The molecule has 0 spiro atoms. The molecule has 5 nitrogen and oxygen atoms in total. The number of fused-ring (bicyclic) bond motifs is 1. The summed E-state index contributed by atoms with van der Waals surface area (Å²) in [5, 5.41) is 2.78. The molecule has 1 aliphatic carbocycles. The van der Waals surface area contributed by atoms with E-state index in [9.17, 15) is 9.59 Å². The molecule has 1 unspecified atom stereocenters. The lowest BCUT2D eigenvalue weighted by molar-refractivity contribution is 0.0962. The zero-order valence-corrected chi connectivity index (χ0v) is 19.9. The van der Waals surface area contributed by atoms with Gasteiger partial charge in [0.2, 0.25) is 5.95 Å². The van der Waals surface area contributed by atoms with Gasteiger partial charge in [-0.1, -0.05) is 80.6 Å². The Morgan fingerprint density at radius 2 is 1.57 bits per heavy atom. The molecule has 1 aliphatic rings. The molecular formula is C30H27N3O2. The number of nitrogens with zero attached hydrogens (tertiary/aromatic N) is 2. The Morgan fingerprint density at radius 3 is 2.26 bits per heavy atom. The zero-order chi connectivity index (χ0) is 24.4. The molecule has 5 rings (SSSR count). The lowest BCUT2D eigenvalue weighted by Crippen LogP contribution is -2.22. The van der Waals surface area contributed by atoms with Gasteiger partial charge in [-0.2, -0.15) is 0 Å². The number of ketones is 1. The fourth-order valence-electron chi connectivity index (χ4n) is 4.51. The van der Waals surface area contributed by atoms with Gasteiger partial charge in [-0.05, 0) is 52.6 Å². The van der Waals surface area contributed by atoms with Crippen molar-refractivity contribution in [3.63, 3.8) is 0 Å². The van der Waals surface area contributed by atoms with Crippen molar-refractivity contribution in [1.29, 1.82) is 0 Å². The minimum atomic E-state index is -0.285. The maximum absolute atomic E-state index is 12.8. The van der Waals surface area contributed by atoms with Gasteiger partial charge in [0, 0.05) is 18.2 Å². The molecule has 1 aromatic heterocycles. The average molecular weight is 462 g/mol. The van der Waals surface area contributed by atoms with Crippen molar-refractivity contribution in [1.82, 2.24) is 9.97 Å². The van der Waals surface area contributed by atoms with E-state index in [1.54, 1.807) is 12.1 Å². The van der Waals surface area contributed by atoms with E-state index >= 15 is 0 Å². The highest BCUT2D eigenvalue weighted by Crippen LogP contribution is 2.32. The molecule has 0 fully saturated rings. The Hall–Kier alpha value is -4.12. The van der Waals surface area contributed by atoms with Gasteiger partial charge < -0.3 is 0 Å². The van der Waals surface area contributed by atoms with E-state index in [2.05, 4.69) is 53.4 Å². The molecule has 0 radical (unpaired) electrons. The Bertz CT molecular complexity index is 1360. The van der Waals surface area contributed by atoms with E-state index in [-0.39, 0.29) is 23.6 Å². The lowest BCUT2D eigenvalue weighted by Gasteiger charge is -2.23. The van der Waals surface area contributed by atoms with Crippen molar-refractivity contribution >= 4 is 17.6 Å². The number of aromatic nitrogens is 2. The summed E-state index contributed by atoms with van der Waals surface area (Å²) in [7, 11) is 0. The largest absolute Gasteiger partial charge is 0.294 e. The van der Waals surface area contributed by atoms with E-state index < -0.39 is 0 Å². The molecule has 4 aromatic rings. The average Bonchev–Trinajstić information content (AvgIpc) is 2.89. The second kappa shape index (κ2) is 9.63. The van der Waals surface area contributed by atoms with E-state index in [0.29, 0.717) is 35.6 Å². The third kappa shape index (κ3) is 4.90. The number of rotatable bonds is 5.